The lowest BCUT2D eigenvalue weighted by molar-refractivity contribution is 0.127. The molecule has 1 N–H and O–H groups in total. The summed E-state index contributed by atoms with van der Waals surface area (Å²) in [4.78, 5) is 13.6. The molecule has 2 rings (SSSR count). The maximum absolute atomic E-state index is 11.7. The molecule has 2 heterocycles. The van der Waals surface area contributed by atoms with Crippen LogP contribution in [0.5, 0.6) is 0 Å². The molecule has 1 atom stereocenters. The van der Waals surface area contributed by atoms with Crippen LogP contribution in [0, 0.1) is 5.92 Å². The third-order valence-electron chi connectivity index (χ3n) is 3.42. The molecule has 4 nitrogen and oxygen atoms in total. The van der Waals surface area contributed by atoms with E-state index in [-0.39, 0.29) is 12.1 Å². The summed E-state index contributed by atoms with van der Waals surface area (Å²) in [5.41, 5.74) is 0. The van der Waals surface area contributed by atoms with E-state index in [9.17, 15) is 4.79 Å². The maximum atomic E-state index is 11.7. The van der Waals surface area contributed by atoms with Crippen LogP contribution in [0.1, 0.15) is 26.7 Å². The highest BCUT2D eigenvalue weighted by Gasteiger charge is 2.39. The van der Waals surface area contributed by atoms with Crippen LogP contribution in [-0.4, -0.2) is 42.8 Å². The third kappa shape index (κ3) is 2.09. The fourth-order valence-corrected chi connectivity index (χ4v) is 2.47. The van der Waals surface area contributed by atoms with Gasteiger partial charge >= 0.3 is 6.09 Å². The fourth-order valence-electron chi connectivity index (χ4n) is 2.47. The SMILES string of the molecule is CC(C)[C@H]1COC(=O)N1C1CCNCC1. The van der Waals surface area contributed by atoms with Gasteiger partial charge in [-0.3, -0.25) is 4.90 Å². The quantitative estimate of drug-likeness (QED) is 0.748. The van der Waals surface area contributed by atoms with Gasteiger partial charge in [-0.05, 0) is 31.8 Å². The van der Waals surface area contributed by atoms with Crippen LogP contribution in [0.25, 0.3) is 0 Å². The van der Waals surface area contributed by atoms with E-state index >= 15 is 0 Å². The zero-order valence-corrected chi connectivity index (χ0v) is 9.53. The molecule has 0 aliphatic carbocycles. The summed E-state index contributed by atoms with van der Waals surface area (Å²) >= 11 is 0. The Bertz CT molecular complexity index is 237. The monoisotopic (exact) mass is 212 g/mol. The van der Waals surface area contributed by atoms with Gasteiger partial charge in [-0.1, -0.05) is 13.8 Å². The summed E-state index contributed by atoms with van der Waals surface area (Å²) in [7, 11) is 0. The molecule has 0 spiro atoms. The van der Waals surface area contributed by atoms with Crippen molar-refractivity contribution in [2.45, 2.75) is 38.8 Å². The second-order valence-electron chi connectivity index (χ2n) is 4.78. The molecule has 2 aliphatic heterocycles. The molecule has 0 aromatic carbocycles. The molecule has 15 heavy (non-hydrogen) atoms. The van der Waals surface area contributed by atoms with Gasteiger partial charge in [-0.25, -0.2) is 4.79 Å². The van der Waals surface area contributed by atoms with Crippen molar-refractivity contribution in [1.82, 2.24) is 10.2 Å². The van der Waals surface area contributed by atoms with Gasteiger partial charge in [-0.15, -0.1) is 0 Å². The van der Waals surface area contributed by atoms with E-state index in [1.54, 1.807) is 0 Å². The Kier molecular flexibility index (Phi) is 3.14. The van der Waals surface area contributed by atoms with Gasteiger partial charge in [0.1, 0.15) is 6.61 Å². The van der Waals surface area contributed by atoms with Gasteiger partial charge in [0.25, 0.3) is 0 Å². The summed E-state index contributed by atoms with van der Waals surface area (Å²) < 4.78 is 5.16. The molecule has 0 bridgehead atoms. The van der Waals surface area contributed by atoms with Crippen molar-refractivity contribution in [2.75, 3.05) is 19.7 Å². The molecular formula is C11H20N2O2. The minimum atomic E-state index is -0.111. The maximum Gasteiger partial charge on any atom is 0.410 e. The summed E-state index contributed by atoms with van der Waals surface area (Å²) in [5.74, 6) is 0.478. The number of nitrogens with zero attached hydrogens (tertiary/aromatic N) is 1. The third-order valence-corrected chi connectivity index (χ3v) is 3.42. The van der Waals surface area contributed by atoms with E-state index in [2.05, 4.69) is 19.2 Å². The smallest absolute Gasteiger partial charge is 0.410 e. The minimum absolute atomic E-state index is 0.111. The number of nitrogens with one attached hydrogen (secondary N) is 1. The lowest BCUT2D eigenvalue weighted by Gasteiger charge is -2.35. The van der Waals surface area contributed by atoms with E-state index < -0.39 is 0 Å². The van der Waals surface area contributed by atoms with Crippen LogP contribution >= 0.6 is 0 Å². The minimum Gasteiger partial charge on any atom is -0.447 e. The molecule has 0 saturated carbocycles. The molecule has 0 unspecified atom stereocenters. The Balaban J connectivity index is 2.05. The number of amides is 1. The van der Waals surface area contributed by atoms with Gasteiger partial charge in [0.2, 0.25) is 0 Å². The highest BCUT2D eigenvalue weighted by Crippen LogP contribution is 2.25. The van der Waals surface area contributed by atoms with E-state index in [1.165, 1.54) is 0 Å². The Labute approximate surface area is 91.0 Å². The summed E-state index contributed by atoms with van der Waals surface area (Å²) in [5, 5.41) is 3.32. The van der Waals surface area contributed by atoms with Gasteiger partial charge in [0.05, 0.1) is 6.04 Å². The van der Waals surface area contributed by atoms with Crippen LogP contribution in [0.15, 0.2) is 0 Å². The van der Waals surface area contributed by atoms with Crippen molar-refractivity contribution in [3.63, 3.8) is 0 Å². The number of hydrogen-bond acceptors (Lipinski definition) is 3. The average Bonchev–Trinajstić information content (AvgIpc) is 2.61. The lowest BCUT2D eigenvalue weighted by Crippen LogP contribution is -2.48. The van der Waals surface area contributed by atoms with E-state index in [4.69, 9.17) is 4.74 Å². The Morgan fingerprint density at radius 2 is 2.07 bits per heavy atom. The number of carbonyl (C=O) groups is 1. The standard InChI is InChI=1S/C11H20N2O2/c1-8(2)10-7-15-11(14)13(10)9-3-5-12-6-4-9/h8-10,12H,3-7H2,1-2H3/t10-/m1/s1. The Hall–Kier alpha value is -0.770. The van der Waals surface area contributed by atoms with Crippen LogP contribution < -0.4 is 5.32 Å². The first-order valence-electron chi connectivity index (χ1n) is 5.86. The van der Waals surface area contributed by atoms with Crippen LogP contribution in [0.2, 0.25) is 0 Å². The molecule has 4 heteroatoms. The molecule has 2 saturated heterocycles. The van der Waals surface area contributed by atoms with Crippen molar-refractivity contribution in [3.05, 3.63) is 0 Å². The second-order valence-corrected chi connectivity index (χ2v) is 4.78. The summed E-state index contributed by atoms with van der Waals surface area (Å²) in [6.07, 6.45) is 2.00. The van der Waals surface area contributed by atoms with E-state index in [1.807, 2.05) is 4.90 Å². The molecule has 2 aliphatic rings. The number of hydrogen-bond donors (Lipinski definition) is 1. The first kappa shape index (κ1) is 10.7. The van der Waals surface area contributed by atoms with E-state index in [0.717, 1.165) is 25.9 Å². The Morgan fingerprint density at radius 1 is 1.40 bits per heavy atom. The summed E-state index contributed by atoms with van der Waals surface area (Å²) in [6.45, 7) is 6.90. The number of ether oxygens (including phenoxy) is 1. The zero-order valence-electron chi connectivity index (χ0n) is 9.53. The number of cyclic esters (lactones) is 1. The van der Waals surface area contributed by atoms with Gasteiger partial charge in [-0.2, -0.15) is 0 Å². The molecule has 86 valence electrons. The second kappa shape index (κ2) is 4.39. The summed E-state index contributed by atoms with van der Waals surface area (Å²) in [6, 6.07) is 0.661. The number of carbonyl (C=O) groups excluding carboxylic acids is 1. The highest BCUT2D eigenvalue weighted by atomic mass is 16.6. The van der Waals surface area contributed by atoms with E-state index in [0.29, 0.717) is 18.6 Å². The highest BCUT2D eigenvalue weighted by molar-refractivity contribution is 5.70. The van der Waals surface area contributed by atoms with Gasteiger partial charge in [0, 0.05) is 6.04 Å². The Morgan fingerprint density at radius 3 is 2.67 bits per heavy atom. The van der Waals surface area contributed by atoms with Crippen molar-refractivity contribution < 1.29 is 9.53 Å². The predicted molar refractivity (Wildman–Crippen MR) is 57.7 cm³/mol. The number of rotatable bonds is 2. The van der Waals surface area contributed by atoms with Crippen molar-refractivity contribution in [1.29, 1.82) is 0 Å². The first-order chi connectivity index (χ1) is 7.20. The molecule has 0 aromatic heterocycles. The predicted octanol–water partition coefficient (Wildman–Crippen LogP) is 1.22. The largest absolute Gasteiger partial charge is 0.447 e. The molecule has 0 aromatic rings. The zero-order chi connectivity index (χ0) is 10.8. The lowest BCUT2D eigenvalue weighted by atomic mass is 9.98. The number of piperidine rings is 1. The molecule has 1 amide bonds. The molecule has 2 fully saturated rings. The van der Waals surface area contributed by atoms with Gasteiger partial charge < -0.3 is 10.1 Å². The van der Waals surface area contributed by atoms with Crippen LogP contribution in [-0.2, 0) is 4.74 Å². The molecule has 0 radical (unpaired) electrons. The van der Waals surface area contributed by atoms with Crippen LogP contribution in [0.4, 0.5) is 4.79 Å². The van der Waals surface area contributed by atoms with Crippen molar-refractivity contribution >= 4 is 6.09 Å². The van der Waals surface area contributed by atoms with Crippen molar-refractivity contribution in [2.24, 2.45) is 5.92 Å². The topological polar surface area (TPSA) is 41.6 Å². The fraction of sp³-hybridized carbons (Fsp3) is 0.909. The van der Waals surface area contributed by atoms with Crippen molar-refractivity contribution in [3.8, 4) is 0 Å². The van der Waals surface area contributed by atoms with Gasteiger partial charge in [0.15, 0.2) is 0 Å². The first-order valence-corrected chi connectivity index (χ1v) is 5.86. The van der Waals surface area contributed by atoms with Crippen LogP contribution in [0.3, 0.4) is 0 Å². The normalized spacial score (nSPS) is 28.6. The average molecular weight is 212 g/mol. The molecular weight excluding hydrogens is 192 g/mol.